The number of aromatic nitrogens is 4. The van der Waals surface area contributed by atoms with E-state index in [1.165, 1.54) is 18.4 Å². The van der Waals surface area contributed by atoms with Crippen molar-refractivity contribution in [1.29, 1.82) is 0 Å². The van der Waals surface area contributed by atoms with Crippen LogP contribution in [0.4, 0.5) is 11.9 Å². The Balaban J connectivity index is 2.06. The van der Waals surface area contributed by atoms with Gasteiger partial charge in [0, 0.05) is 5.38 Å². The molecular weight excluding hydrogens is 228 g/mol. The van der Waals surface area contributed by atoms with E-state index in [1.54, 1.807) is 5.51 Å². The number of nitrogens with two attached hydrogens (primary N) is 1. The number of nitrogens with one attached hydrogen (secondary N) is 1. The summed E-state index contributed by atoms with van der Waals surface area (Å²) in [4.78, 5) is 15.8. The highest BCUT2D eigenvalue weighted by molar-refractivity contribution is 7.07. The van der Waals surface area contributed by atoms with Gasteiger partial charge in [-0.25, -0.2) is 4.98 Å². The summed E-state index contributed by atoms with van der Waals surface area (Å²) in [6.45, 7) is 0.538. The van der Waals surface area contributed by atoms with E-state index in [4.69, 9.17) is 10.5 Å². The lowest BCUT2D eigenvalue weighted by atomic mass is 10.5. The van der Waals surface area contributed by atoms with Crippen molar-refractivity contribution in [2.75, 3.05) is 18.2 Å². The largest absolute Gasteiger partial charge is 0.467 e. The first kappa shape index (κ1) is 10.6. The van der Waals surface area contributed by atoms with E-state index in [0.29, 0.717) is 12.5 Å². The van der Waals surface area contributed by atoms with Crippen LogP contribution < -0.4 is 15.8 Å². The minimum absolute atomic E-state index is 0.118. The van der Waals surface area contributed by atoms with Crippen molar-refractivity contribution in [3.63, 3.8) is 0 Å². The molecule has 0 aliphatic heterocycles. The van der Waals surface area contributed by atoms with Crippen molar-refractivity contribution in [2.24, 2.45) is 0 Å². The molecule has 7 nitrogen and oxygen atoms in total. The van der Waals surface area contributed by atoms with Crippen LogP contribution in [0.15, 0.2) is 10.9 Å². The van der Waals surface area contributed by atoms with Crippen molar-refractivity contribution < 1.29 is 4.74 Å². The van der Waals surface area contributed by atoms with E-state index in [2.05, 4.69) is 25.3 Å². The highest BCUT2D eigenvalue weighted by Crippen LogP contribution is 2.09. The molecule has 0 radical (unpaired) electrons. The summed E-state index contributed by atoms with van der Waals surface area (Å²) in [5.41, 5.74) is 8.17. The second-order valence-corrected chi connectivity index (χ2v) is 3.56. The number of thiazole rings is 1. The standard InChI is InChI=1S/C8H10N6OS/c1-15-8-13-6(9)12-7(14-8)10-2-5-3-16-4-11-5/h3-4H,2H2,1H3,(H3,9,10,12,13,14). The fraction of sp³-hybridized carbons (Fsp3) is 0.250. The van der Waals surface area contributed by atoms with Crippen LogP contribution in [0, 0.1) is 0 Å². The first-order chi connectivity index (χ1) is 7.78. The smallest absolute Gasteiger partial charge is 0.322 e. The van der Waals surface area contributed by atoms with Crippen LogP contribution in [-0.2, 0) is 6.54 Å². The molecule has 2 aromatic rings. The third-order valence-electron chi connectivity index (χ3n) is 1.73. The monoisotopic (exact) mass is 238 g/mol. The third kappa shape index (κ3) is 2.54. The van der Waals surface area contributed by atoms with Gasteiger partial charge in [0.2, 0.25) is 11.9 Å². The zero-order chi connectivity index (χ0) is 11.4. The Morgan fingerprint density at radius 2 is 2.31 bits per heavy atom. The molecule has 0 saturated heterocycles. The van der Waals surface area contributed by atoms with Gasteiger partial charge in [-0.2, -0.15) is 15.0 Å². The Hall–Kier alpha value is -1.96. The van der Waals surface area contributed by atoms with Gasteiger partial charge < -0.3 is 15.8 Å². The summed E-state index contributed by atoms with van der Waals surface area (Å²) in [5.74, 6) is 0.491. The molecule has 16 heavy (non-hydrogen) atoms. The number of methoxy groups -OCH3 is 1. The van der Waals surface area contributed by atoms with Gasteiger partial charge in [-0.1, -0.05) is 0 Å². The summed E-state index contributed by atoms with van der Waals surface area (Å²) in [6, 6.07) is 0.188. The predicted molar refractivity (Wildman–Crippen MR) is 60.2 cm³/mol. The zero-order valence-electron chi connectivity index (χ0n) is 8.54. The van der Waals surface area contributed by atoms with Gasteiger partial charge in [-0.15, -0.1) is 11.3 Å². The quantitative estimate of drug-likeness (QED) is 0.801. The van der Waals surface area contributed by atoms with Gasteiger partial charge in [0.05, 0.1) is 24.9 Å². The van der Waals surface area contributed by atoms with Crippen LogP contribution in [-0.4, -0.2) is 27.0 Å². The van der Waals surface area contributed by atoms with Gasteiger partial charge in [-0.05, 0) is 0 Å². The molecule has 0 atom stereocenters. The van der Waals surface area contributed by atoms with Gasteiger partial charge in [-0.3, -0.25) is 0 Å². The van der Waals surface area contributed by atoms with Crippen LogP contribution in [0.5, 0.6) is 6.01 Å². The van der Waals surface area contributed by atoms with Crippen molar-refractivity contribution >= 4 is 23.2 Å². The maximum Gasteiger partial charge on any atom is 0.322 e. The molecule has 0 unspecified atom stereocenters. The van der Waals surface area contributed by atoms with E-state index in [1.807, 2.05) is 5.38 Å². The van der Waals surface area contributed by atoms with Crippen LogP contribution in [0.25, 0.3) is 0 Å². The number of hydrogen-bond donors (Lipinski definition) is 2. The fourth-order valence-corrected chi connectivity index (χ4v) is 1.60. The molecule has 0 aliphatic carbocycles. The molecular formula is C8H10N6OS. The van der Waals surface area contributed by atoms with Crippen molar-refractivity contribution in [1.82, 2.24) is 19.9 Å². The second-order valence-electron chi connectivity index (χ2n) is 2.84. The third-order valence-corrected chi connectivity index (χ3v) is 2.36. The number of ether oxygens (including phenoxy) is 1. The molecule has 84 valence electrons. The summed E-state index contributed by atoms with van der Waals surface area (Å²) < 4.78 is 4.88. The van der Waals surface area contributed by atoms with Gasteiger partial charge in [0.1, 0.15) is 0 Å². The van der Waals surface area contributed by atoms with E-state index < -0.39 is 0 Å². The summed E-state index contributed by atoms with van der Waals surface area (Å²) in [7, 11) is 1.47. The topological polar surface area (TPSA) is 98.8 Å². The molecule has 0 aromatic carbocycles. The van der Waals surface area contributed by atoms with Gasteiger partial charge >= 0.3 is 6.01 Å². The second kappa shape index (κ2) is 4.71. The lowest BCUT2D eigenvalue weighted by Gasteiger charge is -2.04. The maximum absolute atomic E-state index is 5.49. The molecule has 8 heteroatoms. The average molecular weight is 238 g/mol. The number of nitrogen functional groups attached to an aromatic ring is 1. The van der Waals surface area contributed by atoms with E-state index in [0.717, 1.165) is 5.69 Å². The number of nitrogens with zero attached hydrogens (tertiary/aromatic N) is 4. The minimum Gasteiger partial charge on any atom is -0.467 e. The predicted octanol–water partition coefficient (Wildman–Crippen LogP) is 0.531. The lowest BCUT2D eigenvalue weighted by molar-refractivity contribution is 0.379. The first-order valence-electron chi connectivity index (χ1n) is 4.44. The molecule has 3 N–H and O–H groups in total. The van der Waals surface area contributed by atoms with Gasteiger partial charge in [0.15, 0.2) is 0 Å². The number of anilines is 2. The average Bonchev–Trinajstić information content (AvgIpc) is 2.78. The fourth-order valence-electron chi connectivity index (χ4n) is 1.04. The van der Waals surface area contributed by atoms with Gasteiger partial charge in [0.25, 0.3) is 0 Å². The Labute approximate surface area is 95.7 Å². The van der Waals surface area contributed by atoms with E-state index >= 15 is 0 Å². The normalized spacial score (nSPS) is 10.1. The Morgan fingerprint density at radius 3 is 3.00 bits per heavy atom. The molecule has 0 saturated carbocycles. The Morgan fingerprint density at radius 1 is 1.44 bits per heavy atom. The Bertz CT molecular complexity index is 460. The molecule has 2 aromatic heterocycles. The van der Waals surface area contributed by atoms with Crippen molar-refractivity contribution in [3.05, 3.63) is 16.6 Å². The molecule has 0 bridgehead atoms. The first-order valence-corrected chi connectivity index (χ1v) is 5.38. The summed E-state index contributed by atoms with van der Waals surface area (Å²) in [6.07, 6.45) is 0. The molecule has 0 amide bonds. The highest BCUT2D eigenvalue weighted by Gasteiger charge is 2.04. The maximum atomic E-state index is 5.49. The Kier molecular flexibility index (Phi) is 3.10. The van der Waals surface area contributed by atoms with E-state index in [-0.39, 0.29) is 12.0 Å². The van der Waals surface area contributed by atoms with Crippen molar-refractivity contribution in [2.45, 2.75) is 6.54 Å². The summed E-state index contributed by atoms with van der Waals surface area (Å²) in [5, 5.41) is 4.92. The number of rotatable bonds is 4. The lowest BCUT2D eigenvalue weighted by Crippen LogP contribution is -2.08. The molecule has 2 rings (SSSR count). The van der Waals surface area contributed by atoms with E-state index in [9.17, 15) is 0 Å². The molecule has 0 aliphatic rings. The minimum atomic E-state index is 0.118. The molecule has 0 spiro atoms. The zero-order valence-corrected chi connectivity index (χ0v) is 9.36. The van der Waals surface area contributed by atoms with Crippen molar-refractivity contribution in [3.8, 4) is 6.01 Å². The van der Waals surface area contributed by atoms with Crippen LogP contribution >= 0.6 is 11.3 Å². The number of hydrogen-bond acceptors (Lipinski definition) is 8. The van der Waals surface area contributed by atoms with Crippen LogP contribution in [0.2, 0.25) is 0 Å². The highest BCUT2D eigenvalue weighted by atomic mass is 32.1. The van der Waals surface area contributed by atoms with Crippen LogP contribution in [0.1, 0.15) is 5.69 Å². The molecule has 0 fully saturated rings. The summed E-state index contributed by atoms with van der Waals surface area (Å²) >= 11 is 1.53. The molecule has 2 heterocycles. The van der Waals surface area contributed by atoms with Crippen LogP contribution in [0.3, 0.4) is 0 Å². The SMILES string of the molecule is COc1nc(N)nc(NCc2cscn2)n1.